The van der Waals surface area contributed by atoms with E-state index in [0.717, 1.165) is 22.5 Å². The van der Waals surface area contributed by atoms with Gasteiger partial charge < -0.3 is 0 Å². The number of rotatable bonds is 2. The van der Waals surface area contributed by atoms with Crippen LogP contribution in [0.3, 0.4) is 0 Å². The molecule has 7 heteroatoms. The maximum atomic E-state index is 13.2. The minimum absolute atomic E-state index is 0.125. The maximum Gasteiger partial charge on any atom is 0.273 e. The zero-order valence-corrected chi connectivity index (χ0v) is 17.3. The van der Waals surface area contributed by atoms with Gasteiger partial charge in [-0.15, -0.1) is 11.3 Å². The molecule has 0 radical (unpaired) electrons. The van der Waals surface area contributed by atoms with Crippen LogP contribution < -0.4 is 14.8 Å². The van der Waals surface area contributed by atoms with E-state index in [9.17, 15) is 15.3 Å². The molecule has 1 aromatic heterocycles. The highest BCUT2D eigenvalue weighted by atomic mass is 35.5. The number of benzene rings is 2. The summed E-state index contributed by atoms with van der Waals surface area (Å²) in [6, 6.07) is 14.6. The number of aromatic nitrogens is 1. The Labute approximate surface area is 175 Å². The second kappa shape index (κ2) is 8.04. The lowest BCUT2D eigenvalue weighted by atomic mass is 10.1. The fourth-order valence-corrected chi connectivity index (χ4v) is 4.12. The van der Waals surface area contributed by atoms with Crippen molar-refractivity contribution in [1.82, 2.24) is 4.57 Å². The van der Waals surface area contributed by atoms with Crippen molar-refractivity contribution in [3.05, 3.63) is 82.7 Å². The van der Waals surface area contributed by atoms with Crippen molar-refractivity contribution in [2.45, 2.75) is 13.8 Å². The van der Waals surface area contributed by atoms with Crippen LogP contribution in [-0.2, 0) is 0 Å². The largest absolute Gasteiger partial charge is 0.273 e. The molecule has 3 rings (SSSR count). The van der Waals surface area contributed by atoms with Crippen molar-refractivity contribution in [3.8, 4) is 17.8 Å². The Morgan fingerprint density at radius 3 is 2.54 bits per heavy atom. The van der Waals surface area contributed by atoms with Gasteiger partial charge in [-0.2, -0.15) is 10.5 Å². The van der Waals surface area contributed by atoms with E-state index < -0.39 is 0 Å². The molecule has 0 aliphatic rings. The molecule has 0 aliphatic heterocycles. The topological polar surface area (TPSA) is 69.6 Å². The Kier molecular flexibility index (Phi) is 5.72. The van der Waals surface area contributed by atoms with Gasteiger partial charge in [-0.05, 0) is 48.7 Å². The van der Waals surface area contributed by atoms with E-state index in [0.29, 0.717) is 25.8 Å². The number of hydrogen-bond donors (Lipinski definition) is 0. The fraction of sp³-hybridized carbons (Fsp3) is 0.0952. The molecule has 4 nitrogen and oxygen atoms in total. The van der Waals surface area contributed by atoms with E-state index in [1.54, 1.807) is 24.3 Å². The number of nitrogens with zero attached hydrogens (tertiary/aromatic N) is 3. The Morgan fingerprint density at radius 1 is 1.14 bits per heavy atom. The first-order valence-corrected chi connectivity index (χ1v) is 9.74. The molecule has 0 saturated carbocycles. The molecule has 0 atom stereocenters. The summed E-state index contributed by atoms with van der Waals surface area (Å²) in [5.41, 5.74) is 2.59. The van der Waals surface area contributed by atoms with Crippen LogP contribution in [0.1, 0.15) is 16.7 Å². The van der Waals surface area contributed by atoms with Gasteiger partial charge in [0.2, 0.25) is 0 Å². The van der Waals surface area contributed by atoms with Gasteiger partial charge in [0, 0.05) is 0 Å². The second-order valence-corrected chi connectivity index (χ2v) is 7.90. The highest BCUT2D eigenvalue weighted by molar-refractivity contribution is 7.07. The molecule has 0 amide bonds. The van der Waals surface area contributed by atoms with Gasteiger partial charge in [-0.1, -0.05) is 47.5 Å². The molecule has 0 N–H and O–H groups in total. The summed E-state index contributed by atoms with van der Waals surface area (Å²) in [6.07, 6.45) is 1.62. The Bertz CT molecular complexity index is 1340. The van der Waals surface area contributed by atoms with Crippen molar-refractivity contribution in [3.63, 3.8) is 0 Å². The lowest BCUT2D eigenvalue weighted by molar-refractivity contribution is 0.972. The number of thiazole rings is 1. The monoisotopic (exact) mass is 425 g/mol. The van der Waals surface area contributed by atoms with Crippen LogP contribution >= 0.6 is 34.5 Å². The van der Waals surface area contributed by atoms with Crippen molar-refractivity contribution in [1.29, 1.82) is 10.5 Å². The van der Waals surface area contributed by atoms with Gasteiger partial charge in [-0.3, -0.25) is 9.36 Å². The summed E-state index contributed by atoms with van der Waals surface area (Å²) >= 11 is 13.4. The van der Waals surface area contributed by atoms with Crippen LogP contribution in [0, 0.1) is 36.5 Å². The molecule has 0 aliphatic carbocycles. The number of halogens is 2. The molecule has 0 unspecified atom stereocenters. The van der Waals surface area contributed by atoms with Crippen molar-refractivity contribution in [2.24, 2.45) is 0 Å². The number of hydrogen-bond acceptors (Lipinski definition) is 4. The quantitative estimate of drug-likeness (QED) is 0.625. The molecule has 3 aromatic rings. The Morgan fingerprint density at radius 2 is 1.86 bits per heavy atom. The first kappa shape index (κ1) is 19.9. The minimum Gasteiger partial charge on any atom is -0.267 e. The molecule has 2 aromatic carbocycles. The van der Waals surface area contributed by atoms with E-state index in [2.05, 4.69) is 0 Å². The zero-order valence-electron chi connectivity index (χ0n) is 15.0. The summed E-state index contributed by atoms with van der Waals surface area (Å²) in [7, 11) is 0. The van der Waals surface area contributed by atoms with Gasteiger partial charge in [0.15, 0.2) is 5.57 Å². The smallest absolute Gasteiger partial charge is 0.267 e. The SMILES string of the molecule is Cc1ccc(C)c(-n2c(=C(C#N)C#N)sc(=Cc3cccc(Cl)c3Cl)c2=O)c1. The number of aryl methyl sites for hydroxylation is 2. The molecule has 0 spiro atoms. The summed E-state index contributed by atoms with van der Waals surface area (Å²) in [6.45, 7) is 3.79. The van der Waals surface area contributed by atoms with Gasteiger partial charge in [-0.25, -0.2) is 0 Å². The van der Waals surface area contributed by atoms with Crippen LogP contribution in [0.25, 0.3) is 17.3 Å². The van der Waals surface area contributed by atoms with Crippen molar-refractivity contribution < 1.29 is 0 Å². The predicted molar refractivity (Wildman–Crippen MR) is 113 cm³/mol. The second-order valence-electron chi connectivity index (χ2n) is 6.09. The summed E-state index contributed by atoms with van der Waals surface area (Å²) in [5.74, 6) is 0. The van der Waals surface area contributed by atoms with E-state index in [1.165, 1.54) is 4.57 Å². The first-order valence-electron chi connectivity index (χ1n) is 8.17. The van der Waals surface area contributed by atoms with Crippen LogP contribution in [0.4, 0.5) is 0 Å². The molecule has 0 fully saturated rings. The van der Waals surface area contributed by atoms with E-state index in [1.807, 2.05) is 44.2 Å². The Hall–Kier alpha value is -2.83. The average molecular weight is 426 g/mol. The van der Waals surface area contributed by atoms with Gasteiger partial charge >= 0.3 is 0 Å². The minimum atomic E-state index is -0.326. The summed E-state index contributed by atoms with van der Waals surface area (Å²) in [5, 5.41) is 19.5. The number of nitriles is 2. The standard InChI is InChI=1S/C21H13Cl2N3OS/c1-12-6-7-13(2)17(8-12)26-20(27)18(28-21(26)15(10-24)11-25)9-14-4-3-5-16(22)19(14)23/h3-9H,1-2H3. The lowest BCUT2D eigenvalue weighted by Gasteiger charge is -2.07. The molecule has 1 heterocycles. The van der Waals surface area contributed by atoms with Crippen LogP contribution in [0.2, 0.25) is 10.0 Å². The molecular formula is C21H13Cl2N3OS. The molecule has 0 bridgehead atoms. The summed E-state index contributed by atoms with van der Waals surface area (Å²) in [4.78, 5) is 13.2. The third kappa shape index (κ3) is 3.61. The first-order chi connectivity index (χ1) is 13.4. The predicted octanol–water partition coefficient (Wildman–Crippen LogP) is 3.85. The maximum absolute atomic E-state index is 13.2. The lowest BCUT2D eigenvalue weighted by Crippen LogP contribution is -2.31. The molecule has 28 heavy (non-hydrogen) atoms. The Balaban J connectivity index is 2.47. The fourth-order valence-electron chi connectivity index (χ4n) is 2.72. The normalized spacial score (nSPS) is 11.1. The van der Waals surface area contributed by atoms with Gasteiger partial charge in [0.05, 0.1) is 20.3 Å². The van der Waals surface area contributed by atoms with Crippen LogP contribution in [-0.4, -0.2) is 4.57 Å². The van der Waals surface area contributed by atoms with Crippen molar-refractivity contribution in [2.75, 3.05) is 0 Å². The third-order valence-electron chi connectivity index (χ3n) is 4.13. The highest BCUT2D eigenvalue weighted by Crippen LogP contribution is 2.25. The van der Waals surface area contributed by atoms with Gasteiger partial charge in [0.1, 0.15) is 16.8 Å². The van der Waals surface area contributed by atoms with E-state index in [4.69, 9.17) is 23.2 Å². The van der Waals surface area contributed by atoms with E-state index in [-0.39, 0.29) is 15.8 Å². The zero-order chi connectivity index (χ0) is 20.4. The van der Waals surface area contributed by atoms with Crippen molar-refractivity contribution >= 4 is 46.2 Å². The van der Waals surface area contributed by atoms with Gasteiger partial charge in [0.25, 0.3) is 5.56 Å². The third-order valence-corrected chi connectivity index (χ3v) is 6.06. The highest BCUT2D eigenvalue weighted by Gasteiger charge is 2.14. The molecule has 0 saturated heterocycles. The molecular weight excluding hydrogens is 413 g/mol. The van der Waals surface area contributed by atoms with Crippen LogP contribution in [0.5, 0.6) is 0 Å². The summed E-state index contributed by atoms with van der Waals surface area (Å²) < 4.78 is 2.05. The molecule has 138 valence electrons. The van der Waals surface area contributed by atoms with Crippen LogP contribution in [0.15, 0.2) is 41.2 Å². The van der Waals surface area contributed by atoms with E-state index >= 15 is 0 Å². The average Bonchev–Trinajstić information content (AvgIpc) is 2.98.